The Morgan fingerprint density at radius 2 is 2.00 bits per heavy atom. The van der Waals surface area contributed by atoms with Crippen molar-refractivity contribution in [2.24, 2.45) is 0 Å². The van der Waals surface area contributed by atoms with Crippen molar-refractivity contribution in [3.8, 4) is 0 Å². The van der Waals surface area contributed by atoms with Gasteiger partial charge in [0, 0.05) is 6.54 Å². The summed E-state index contributed by atoms with van der Waals surface area (Å²) in [5, 5.41) is 19.2. The van der Waals surface area contributed by atoms with E-state index in [1.54, 1.807) is 0 Å². The quantitative estimate of drug-likeness (QED) is 0.527. The van der Waals surface area contributed by atoms with Gasteiger partial charge in [-0.25, -0.2) is 8.78 Å². The lowest BCUT2D eigenvalue weighted by Gasteiger charge is -2.08. The summed E-state index contributed by atoms with van der Waals surface area (Å²) in [7, 11) is 0. The van der Waals surface area contributed by atoms with E-state index in [-0.39, 0.29) is 6.54 Å². The highest BCUT2D eigenvalue weighted by Gasteiger charge is 2.09. The monoisotopic (exact) mass is 183 g/mol. The third-order valence-electron chi connectivity index (χ3n) is 1.09. The van der Waals surface area contributed by atoms with E-state index in [0.717, 1.165) is 0 Å². The van der Waals surface area contributed by atoms with Crippen LogP contribution in [0.5, 0.6) is 0 Å². The highest BCUT2D eigenvalue weighted by molar-refractivity contribution is 5.67. The molecule has 1 atom stereocenters. The SMILES string of the molecule is O=C(O)CC(O)CNCC(F)F. The lowest BCUT2D eigenvalue weighted by molar-refractivity contribution is -0.139. The molecule has 0 aliphatic carbocycles. The van der Waals surface area contributed by atoms with Crippen molar-refractivity contribution < 1.29 is 23.8 Å². The van der Waals surface area contributed by atoms with Gasteiger partial charge in [-0.15, -0.1) is 0 Å². The van der Waals surface area contributed by atoms with E-state index < -0.39 is 31.5 Å². The maximum Gasteiger partial charge on any atom is 0.306 e. The lowest BCUT2D eigenvalue weighted by atomic mass is 10.2. The first-order chi connectivity index (χ1) is 5.52. The molecule has 0 spiro atoms. The summed E-state index contributed by atoms with van der Waals surface area (Å²) in [6.07, 6.45) is -4.03. The van der Waals surface area contributed by atoms with Gasteiger partial charge in [0.2, 0.25) is 0 Å². The summed E-state index contributed by atoms with van der Waals surface area (Å²) < 4.78 is 23.0. The van der Waals surface area contributed by atoms with Gasteiger partial charge in [0.1, 0.15) is 0 Å². The Hall–Kier alpha value is -0.750. The second kappa shape index (κ2) is 5.84. The molecule has 0 heterocycles. The Morgan fingerprint density at radius 1 is 1.42 bits per heavy atom. The molecule has 6 heteroatoms. The smallest absolute Gasteiger partial charge is 0.306 e. The molecule has 1 unspecified atom stereocenters. The topological polar surface area (TPSA) is 69.6 Å². The number of carboxylic acids is 1. The van der Waals surface area contributed by atoms with Crippen LogP contribution in [0.3, 0.4) is 0 Å². The van der Waals surface area contributed by atoms with Crippen molar-refractivity contribution in [2.45, 2.75) is 19.0 Å². The molecule has 0 aliphatic rings. The molecule has 3 N–H and O–H groups in total. The number of aliphatic hydroxyl groups is 1. The Kier molecular flexibility index (Phi) is 5.48. The van der Waals surface area contributed by atoms with Crippen molar-refractivity contribution in [1.82, 2.24) is 5.32 Å². The second-order valence-electron chi connectivity index (χ2n) is 2.30. The van der Waals surface area contributed by atoms with Crippen LogP contribution in [-0.4, -0.2) is 41.8 Å². The molecule has 0 saturated heterocycles. The zero-order valence-electron chi connectivity index (χ0n) is 6.33. The molecule has 0 aromatic heterocycles. The number of halogens is 2. The highest BCUT2D eigenvalue weighted by atomic mass is 19.3. The van der Waals surface area contributed by atoms with Gasteiger partial charge in [0.05, 0.1) is 19.1 Å². The number of carboxylic acid groups (broad SMARTS) is 1. The van der Waals surface area contributed by atoms with E-state index in [9.17, 15) is 13.6 Å². The van der Waals surface area contributed by atoms with Crippen LogP contribution in [0.15, 0.2) is 0 Å². The largest absolute Gasteiger partial charge is 0.481 e. The molecule has 12 heavy (non-hydrogen) atoms. The fourth-order valence-corrected chi connectivity index (χ4v) is 0.633. The molecular formula is C6H11F2NO3. The van der Waals surface area contributed by atoms with Crippen LogP contribution >= 0.6 is 0 Å². The minimum Gasteiger partial charge on any atom is -0.481 e. The summed E-state index contributed by atoms with van der Waals surface area (Å²) >= 11 is 0. The zero-order valence-corrected chi connectivity index (χ0v) is 6.33. The molecule has 72 valence electrons. The molecule has 0 rings (SSSR count). The third kappa shape index (κ3) is 7.36. The van der Waals surface area contributed by atoms with Gasteiger partial charge in [-0.05, 0) is 0 Å². The van der Waals surface area contributed by atoms with Gasteiger partial charge in [0.25, 0.3) is 6.43 Å². The Bertz CT molecular complexity index is 143. The normalized spacial score (nSPS) is 13.3. The molecule has 0 radical (unpaired) electrons. The highest BCUT2D eigenvalue weighted by Crippen LogP contribution is 1.91. The fourth-order valence-electron chi connectivity index (χ4n) is 0.633. The average molecular weight is 183 g/mol. The van der Waals surface area contributed by atoms with Crippen molar-refractivity contribution in [3.05, 3.63) is 0 Å². The van der Waals surface area contributed by atoms with Crippen molar-refractivity contribution >= 4 is 5.97 Å². The van der Waals surface area contributed by atoms with Gasteiger partial charge in [-0.3, -0.25) is 4.79 Å². The van der Waals surface area contributed by atoms with Gasteiger partial charge in [-0.2, -0.15) is 0 Å². The predicted octanol–water partition coefficient (Wildman–Crippen LogP) is -0.323. The maximum atomic E-state index is 11.5. The Labute approximate surface area is 68.2 Å². The van der Waals surface area contributed by atoms with Gasteiger partial charge in [0.15, 0.2) is 0 Å². The van der Waals surface area contributed by atoms with Gasteiger partial charge >= 0.3 is 5.97 Å². The van der Waals surface area contributed by atoms with E-state index in [0.29, 0.717) is 0 Å². The van der Waals surface area contributed by atoms with Crippen LogP contribution in [0.2, 0.25) is 0 Å². The van der Waals surface area contributed by atoms with Crippen LogP contribution in [-0.2, 0) is 4.79 Å². The van der Waals surface area contributed by atoms with Gasteiger partial charge < -0.3 is 15.5 Å². The fraction of sp³-hybridized carbons (Fsp3) is 0.833. The molecule has 0 amide bonds. The number of rotatable bonds is 6. The van der Waals surface area contributed by atoms with Crippen LogP contribution in [0.4, 0.5) is 8.78 Å². The van der Waals surface area contributed by atoms with Crippen molar-refractivity contribution in [1.29, 1.82) is 0 Å². The minimum absolute atomic E-state index is 0.128. The minimum atomic E-state index is -2.48. The number of aliphatic hydroxyl groups excluding tert-OH is 1. The van der Waals surface area contributed by atoms with E-state index >= 15 is 0 Å². The average Bonchev–Trinajstić information content (AvgIpc) is 1.84. The zero-order chi connectivity index (χ0) is 9.56. The van der Waals surface area contributed by atoms with E-state index in [1.807, 2.05) is 0 Å². The van der Waals surface area contributed by atoms with E-state index in [1.165, 1.54) is 0 Å². The third-order valence-corrected chi connectivity index (χ3v) is 1.09. The molecule has 0 aromatic carbocycles. The number of carbonyl (C=O) groups is 1. The summed E-state index contributed by atoms with van der Waals surface area (Å²) in [4.78, 5) is 9.97. The first kappa shape index (κ1) is 11.2. The molecule has 0 saturated carbocycles. The van der Waals surface area contributed by atoms with Crippen LogP contribution in [0.1, 0.15) is 6.42 Å². The maximum absolute atomic E-state index is 11.5. The predicted molar refractivity (Wildman–Crippen MR) is 37.1 cm³/mol. The lowest BCUT2D eigenvalue weighted by Crippen LogP contribution is -2.31. The van der Waals surface area contributed by atoms with Crippen molar-refractivity contribution in [2.75, 3.05) is 13.1 Å². The summed E-state index contributed by atoms with van der Waals surface area (Å²) in [5.74, 6) is -1.15. The van der Waals surface area contributed by atoms with Crippen LogP contribution in [0, 0.1) is 0 Å². The van der Waals surface area contributed by atoms with Crippen LogP contribution in [0.25, 0.3) is 0 Å². The number of aliphatic carboxylic acids is 1. The van der Waals surface area contributed by atoms with E-state index in [4.69, 9.17) is 10.2 Å². The number of hydrogen-bond acceptors (Lipinski definition) is 3. The first-order valence-electron chi connectivity index (χ1n) is 3.41. The molecule has 0 aromatic rings. The van der Waals surface area contributed by atoms with Gasteiger partial charge in [-0.1, -0.05) is 0 Å². The Balaban J connectivity index is 3.31. The van der Waals surface area contributed by atoms with Crippen LogP contribution < -0.4 is 5.32 Å². The Morgan fingerprint density at radius 3 is 2.42 bits per heavy atom. The molecule has 4 nitrogen and oxygen atoms in total. The summed E-state index contributed by atoms with van der Waals surface area (Å²) in [6.45, 7) is -0.659. The number of alkyl halides is 2. The molecular weight excluding hydrogens is 172 g/mol. The van der Waals surface area contributed by atoms with Crippen molar-refractivity contribution in [3.63, 3.8) is 0 Å². The summed E-state index contributed by atoms with van der Waals surface area (Å²) in [6, 6.07) is 0. The number of nitrogens with one attached hydrogen (secondary N) is 1. The summed E-state index contributed by atoms with van der Waals surface area (Å²) in [5.41, 5.74) is 0. The first-order valence-corrected chi connectivity index (χ1v) is 3.41. The number of hydrogen-bond donors (Lipinski definition) is 3. The molecule has 0 fully saturated rings. The molecule has 0 aliphatic heterocycles. The standard InChI is InChI=1S/C6H11F2NO3/c7-5(8)3-9-2-4(10)1-6(11)12/h4-5,9-10H,1-3H2,(H,11,12). The molecule has 0 bridgehead atoms. The van der Waals surface area contributed by atoms with E-state index in [2.05, 4.69) is 5.32 Å². The second-order valence-corrected chi connectivity index (χ2v) is 2.30.